The van der Waals surface area contributed by atoms with Gasteiger partial charge in [-0.3, -0.25) is 0 Å². The molecule has 0 spiro atoms. The summed E-state index contributed by atoms with van der Waals surface area (Å²) in [6.07, 6.45) is 5.14. The van der Waals surface area contributed by atoms with Crippen LogP contribution in [0.3, 0.4) is 0 Å². The van der Waals surface area contributed by atoms with Crippen molar-refractivity contribution in [3.8, 4) is 11.4 Å². The minimum atomic E-state index is -0.446. The lowest BCUT2D eigenvalue weighted by atomic mass is 10.1. The van der Waals surface area contributed by atoms with E-state index < -0.39 is 5.82 Å². The lowest BCUT2D eigenvalue weighted by molar-refractivity contribution is 0.387. The van der Waals surface area contributed by atoms with Crippen LogP contribution in [0, 0.1) is 12.7 Å². The highest BCUT2D eigenvalue weighted by atomic mass is 19.1. The molecule has 2 aromatic heterocycles. The average Bonchev–Trinajstić information content (AvgIpc) is 3.13. The normalized spacial score (nSPS) is 12.1. The Bertz CT molecular complexity index is 1120. The number of anilines is 1. The highest BCUT2D eigenvalue weighted by molar-refractivity contribution is 5.90. The van der Waals surface area contributed by atoms with E-state index in [4.69, 9.17) is 4.74 Å². The second-order valence-electron chi connectivity index (χ2n) is 6.53. The second-order valence-corrected chi connectivity index (χ2v) is 6.53. The van der Waals surface area contributed by atoms with Crippen LogP contribution in [0.2, 0.25) is 0 Å². The van der Waals surface area contributed by atoms with Crippen molar-refractivity contribution >= 4 is 16.7 Å². The minimum Gasteiger partial charge on any atom is -0.494 e. The van der Waals surface area contributed by atoms with Crippen molar-refractivity contribution in [2.75, 3.05) is 12.4 Å². The van der Waals surface area contributed by atoms with E-state index in [1.54, 1.807) is 12.3 Å². The van der Waals surface area contributed by atoms with Crippen LogP contribution in [0.5, 0.6) is 5.75 Å². The minimum absolute atomic E-state index is 0.00733. The third-order valence-electron chi connectivity index (χ3n) is 4.76. The van der Waals surface area contributed by atoms with E-state index in [1.165, 1.54) is 19.5 Å². The zero-order valence-electron chi connectivity index (χ0n) is 15.8. The number of ether oxygens (including phenoxy) is 1. The first-order valence-electron chi connectivity index (χ1n) is 8.92. The van der Waals surface area contributed by atoms with Crippen LogP contribution >= 0.6 is 0 Å². The molecule has 6 nitrogen and oxygen atoms in total. The predicted molar refractivity (Wildman–Crippen MR) is 106 cm³/mol. The summed E-state index contributed by atoms with van der Waals surface area (Å²) in [7, 11) is 1.44. The molecule has 0 aliphatic rings. The maximum absolute atomic E-state index is 13.9. The molecule has 0 bridgehead atoms. The van der Waals surface area contributed by atoms with Gasteiger partial charge in [0.15, 0.2) is 11.6 Å². The molecule has 142 valence electrons. The molecule has 1 N–H and O–H groups in total. The van der Waals surface area contributed by atoms with Gasteiger partial charge in [0.25, 0.3) is 0 Å². The molecule has 0 amide bonds. The number of halogens is 1. The number of nitrogens with zero attached hydrogens (tertiary/aromatic N) is 4. The Labute approximate surface area is 162 Å². The highest BCUT2D eigenvalue weighted by Crippen LogP contribution is 2.29. The van der Waals surface area contributed by atoms with Gasteiger partial charge in [-0.15, -0.1) is 0 Å². The van der Waals surface area contributed by atoms with E-state index in [0.29, 0.717) is 16.7 Å². The van der Waals surface area contributed by atoms with E-state index in [-0.39, 0.29) is 11.8 Å². The summed E-state index contributed by atoms with van der Waals surface area (Å²) in [5, 5.41) is 4.10. The SMILES string of the molecule is COc1cc2c(NC(C)c3ccc(-n4ccnc4C)cc3)ncnc2cc1F. The predicted octanol–water partition coefficient (Wildman–Crippen LogP) is 4.44. The number of aromatic nitrogens is 4. The quantitative estimate of drug-likeness (QED) is 0.557. The fraction of sp³-hybridized carbons (Fsp3) is 0.190. The number of methoxy groups -OCH3 is 1. The largest absolute Gasteiger partial charge is 0.494 e. The van der Waals surface area contributed by atoms with Crippen molar-refractivity contribution in [1.29, 1.82) is 0 Å². The van der Waals surface area contributed by atoms with Crippen LogP contribution in [0.25, 0.3) is 16.6 Å². The van der Waals surface area contributed by atoms with E-state index in [9.17, 15) is 4.39 Å². The number of benzene rings is 2. The number of rotatable bonds is 5. The first kappa shape index (κ1) is 17.9. The standard InChI is InChI=1S/C21H20FN5O/c1-13(15-4-6-16(7-5-15)27-9-8-23-14(27)2)26-21-17-10-20(28-3)18(22)11-19(17)24-12-25-21/h4-13H,1-3H3,(H,24,25,26). The Morgan fingerprint density at radius 2 is 1.89 bits per heavy atom. The topological polar surface area (TPSA) is 64.9 Å². The van der Waals surface area contributed by atoms with Crippen molar-refractivity contribution in [3.63, 3.8) is 0 Å². The number of imidazole rings is 1. The molecule has 0 saturated carbocycles. The summed E-state index contributed by atoms with van der Waals surface area (Å²) in [5.41, 5.74) is 2.68. The highest BCUT2D eigenvalue weighted by Gasteiger charge is 2.13. The van der Waals surface area contributed by atoms with Gasteiger partial charge in [-0.1, -0.05) is 12.1 Å². The number of hydrogen-bond acceptors (Lipinski definition) is 5. The molecular weight excluding hydrogens is 357 g/mol. The van der Waals surface area contributed by atoms with Crippen LogP contribution < -0.4 is 10.1 Å². The lowest BCUT2D eigenvalue weighted by Gasteiger charge is -2.17. The fourth-order valence-corrected chi connectivity index (χ4v) is 3.19. The third kappa shape index (κ3) is 3.26. The molecular formula is C21H20FN5O. The Morgan fingerprint density at radius 3 is 2.57 bits per heavy atom. The molecule has 1 unspecified atom stereocenters. The van der Waals surface area contributed by atoms with Crippen LogP contribution in [0.15, 0.2) is 55.1 Å². The summed E-state index contributed by atoms with van der Waals surface area (Å²) in [6.45, 7) is 4.02. The second kappa shape index (κ2) is 7.26. The molecule has 28 heavy (non-hydrogen) atoms. The van der Waals surface area contributed by atoms with Gasteiger partial charge < -0.3 is 14.6 Å². The van der Waals surface area contributed by atoms with Gasteiger partial charge in [-0.05, 0) is 37.6 Å². The van der Waals surface area contributed by atoms with Crippen molar-refractivity contribution < 1.29 is 9.13 Å². The zero-order valence-corrected chi connectivity index (χ0v) is 15.8. The molecule has 4 aromatic rings. The molecule has 0 saturated heterocycles. The number of hydrogen-bond donors (Lipinski definition) is 1. The van der Waals surface area contributed by atoms with Crippen LogP contribution in [0.4, 0.5) is 10.2 Å². The molecule has 1 atom stereocenters. The molecule has 2 heterocycles. The number of aryl methyl sites for hydroxylation is 1. The molecule has 4 rings (SSSR count). The van der Waals surface area contributed by atoms with Gasteiger partial charge in [-0.2, -0.15) is 0 Å². The van der Waals surface area contributed by atoms with E-state index in [1.807, 2.05) is 24.6 Å². The molecule has 0 aliphatic heterocycles. The molecule has 0 fully saturated rings. The smallest absolute Gasteiger partial charge is 0.167 e. The summed E-state index contributed by atoms with van der Waals surface area (Å²) < 4.78 is 21.1. The van der Waals surface area contributed by atoms with Gasteiger partial charge in [0.1, 0.15) is 18.0 Å². The third-order valence-corrected chi connectivity index (χ3v) is 4.76. The van der Waals surface area contributed by atoms with Gasteiger partial charge in [-0.25, -0.2) is 19.3 Å². The first-order chi connectivity index (χ1) is 13.6. The average molecular weight is 377 g/mol. The molecule has 7 heteroatoms. The Balaban J connectivity index is 1.61. The van der Waals surface area contributed by atoms with Gasteiger partial charge in [0, 0.05) is 35.6 Å². The van der Waals surface area contributed by atoms with Crippen LogP contribution in [-0.2, 0) is 0 Å². The lowest BCUT2D eigenvalue weighted by Crippen LogP contribution is -2.09. The molecule has 0 aliphatic carbocycles. The summed E-state index contributed by atoms with van der Waals surface area (Å²) in [6, 6.07) is 11.2. The maximum atomic E-state index is 13.9. The van der Waals surface area contributed by atoms with Gasteiger partial charge in [0.2, 0.25) is 0 Å². The fourth-order valence-electron chi connectivity index (χ4n) is 3.19. The van der Waals surface area contributed by atoms with Crippen molar-refractivity contribution in [3.05, 3.63) is 72.3 Å². The molecule has 2 aromatic carbocycles. The van der Waals surface area contributed by atoms with Gasteiger partial charge >= 0.3 is 0 Å². The maximum Gasteiger partial charge on any atom is 0.167 e. The van der Waals surface area contributed by atoms with Crippen LogP contribution in [-0.4, -0.2) is 26.6 Å². The van der Waals surface area contributed by atoms with Crippen molar-refractivity contribution in [2.45, 2.75) is 19.9 Å². The zero-order chi connectivity index (χ0) is 19.7. The summed E-state index contributed by atoms with van der Waals surface area (Å²) in [5.74, 6) is 1.29. The first-order valence-corrected chi connectivity index (χ1v) is 8.92. The Kier molecular flexibility index (Phi) is 4.65. The van der Waals surface area contributed by atoms with Gasteiger partial charge in [0.05, 0.1) is 12.6 Å². The number of nitrogens with one attached hydrogen (secondary N) is 1. The summed E-state index contributed by atoms with van der Waals surface area (Å²) in [4.78, 5) is 12.7. The Hall–Kier alpha value is -3.48. The summed E-state index contributed by atoms with van der Waals surface area (Å²) >= 11 is 0. The molecule has 0 radical (unpaired) electrons. The van der Waals surface area contributed by atoms with E-state index in [2.05, 4.69) is 44.5 Å². The van der Waals surface area contributed by atoms with Crippen LogP contribution in [0.1, 0.15) is 24.4 Å². The number of fused-ring (bicyclic) bond motifs is 1. The van der Waals surface area contributed by atoms with E-state index >= 15 is 0 Å². The monoisotopic (exact) mass is 377 g/mol. The van der Waals surface area contributed by atoms with Crippen molar-refractivity contribution in [1.82, 2.24) is 19.5 Å². The van der Waals surface area contributed by atoms with Crippen molar-refractivity contribution in [2.24, 2.45) is 0 Å². The Morgan fingerprint density at radius 1 is 1.11 bits per heavy atom. The van der Waals surface area contributed by atoms with E-state index in [0.717, 1.165) is 17.1 Å².